The summed E-state index contributed by atoms with van der Waals surface area (Å²) in [5.74, 6) is 0.629. The molecule has 2 aromatic rings. The summed E-state index contributed by atoms with van der Waals surface area (Å²) in [5, 5.41) is 7.15. The summed E-state index contributed by atoms with van der Waals surface area (Å²) >= 11 is 0. The molecule has 0 aliphatic carbocycles. The Morgan fingerprint density at radius 2 is 2.22 bits per heavy atom. The van der Waals surface area contributed by atoms with Gasteiger partial charge in [0.15, 0.2) is 5.76 Å². The molecule has 0 saturated carbocycles. The topological polar surface area (TPSA) is 38.1 Å². The number of aromatic nitrogens is 1. The molecule has 0 aliphatic rings. The SMILES string of the molecule is Cc1cc(CNC(C)Cc2cccc(F)c2)on1. The maximum Gasteiger partial charge on any atom is 0.150 e. The highest BCUT2D eigenvalue weighted by Crippen LogP contribution is 2.07. The van der Waals surface area contributed by atoms with Gasteiger partial charge in [-0.05, 0) is 38.0 Å². The lowest BCUT2D eigenvalue weighted by Gasteiger charge is -2.12. The Kier molecular flexibility index (Phi) is 4.10. The van der Waals surface area contributed by atoms with Crippen LogP contribution in [0.1, 0.15) is 23.9 Å². The molecule has 0 radical (unpaired) electrons. The van der Waals surface area contributed by atoms with Gasteiger partial charge in [-0.15, -0.1) is 0 Å². The van der Waals surface area contributed by atoms with Crippen LogP contribution in [-0.2, 0) is 13.0 Å². The highest BCUT2D eigenvalue weighted by atomic mass is 19.1. The standard InChI is InChI=1S/C14H17FN2O/c1-10(6-12-4-3-5-13(15)8-12)16-9-14-7-11(2)17-18-14/h3-5,7-8,10,16H,6,9H2,1-2H3. The smallest absolute Gasteiger partial charge is 0.150 e. The summed E-state index contributed by atoms with van der Waals surface area (Å²) in [6, 6.07) is 8.84. The first-order valence-electron chi connectivity index (χ1n) is 6.03. The molecule has 2 rings (SSSR count). The van der Waals surface area contributed by atoms with Crippen molar-refractivity contribution in [2.24, 2.45) is 0 Å². The van der Waals surface area contributed by atoms with Crippen molar-refractivity contribution in [3.05, 3.63) is 53.2 Å². The molecule has 1 aromatic heterocycles. The predicted octanol–water partition coefficient (Wildman–Crippen LogP) is 2.84. The van der Waals surface area contributed by atoms with E-state index in [9.17, 15) is 4.39 Å². The molecular formula is C14H17FN2O. The third-order valence-electron chi connectivity index (χ3n) is 2.73. The van der Waals surface area contributed by atoms with Crippen molar-refractivity contribution in [1.29, 1.82) is 0 Å². The highest BCUT2D eigenvalue weighted by Gasteiger charge is 2.06. The van der Waals surface area contributed by atoms with Crippen LogP contribution < -0.4 is 5.32 Å². The molecule has 18 heavy (non-hydrogen) atoms. The van der Waals surface area contributed by atoms with Crippen LogP contribution in [0.5, 0.6) is 0 Å². The van der Waals surface area contributed by atoms with E-state index in [2.05, 4.69) is 17.4 Å². The van der Waals surface area contributed by atoms with Gasteiger partial charge < -0.3 is 9.84 Å². The zero-order valence-electron chi connectivity index (χ0n) is 10.6. The largest absolute Gasteiger partial charge is 0.360 e. The minimum absolute atomic E-state index is 0.189. The van der Waals surface area contributed by atoms with Crippen LogP contribution in [-0.4, -0.2) is 11.2 Å². The molecule has 96 valence electrons. The van der Waals surface area contributed by atoms with Gasteiger partial charge in [0.05, 0.1) is 12.2 Å². The zero-order valence-corrected chi connectivity index (χ0v) is 10.6. The first-order chi connectivity index (χ1) is 8.63. The number of nitrogens with one attached hydrogen (secondary N) is 1. The second-order valence-corrected chi connectivity index (χ2v) is 4.55. The Hall–Kier alpha value is -1.68. The van der Waals surface area contributed by atoms with Gasteiger partial charge >= 0.3 is 0 Å². The number of nitrogens with zero attached hydrogens (tertiary/aromatic N) is 1. The summed E-state index contributed by atoms with van der Waals surface area (Å²) in [4.78, 5) is 0. The van der Waals surface area contributed by atoms with Crippen LogP contribution in [0, 0.1) is 12.7 Å². The lowest BCUT2D eigenvalue weighted by Crippen LogP contribution is -2.27. The van der Waals surface area contributed by atoms with E-state index in [1.165, 1.54) is 6.07 Å². The second-order valence-electron chi connectivity index (χ2n) is 4.55. The molecule has 1 aromatic carbocycles. The fourth-order valence-electron chi connectivity index (χ4n) is 1.86. The highest BCUT2D eigenvalue weighted by molar-refractivity contribution is 5.17. The molecule has 1 atom stereocenters. The molecule has 0 bridgehead atoms. The van der Waals surface area contributed by atoms with Gasteiger partial charge in [0.2, 0.25) is 0 Å². The molecule has 0 aliphatic heterocycles. The van der Waals surface area contributed by atoms with Gasteiger partial charge in [-0.3, -0.25) is 0 Å². The van der Waals surface area contributed by atoms with Crippen molar-refractivity contribution in [1.82, 2.24) is 10.5 Å². The maximum absolute atomic E-state index is 13.0. The van der Waals surface area contributed by atoms with Gasteiger partial charge in [0.1, 0.15) is 5.82 Å². The number of hydrogen-bond donors (Lipinski definition) is 1. The fraction of sp³-hybridized carbons (Fsp3) is 0.357. The molecule has 1 heterocycles. The van der Waals surface area contributed by atoms with Crippen molar-refractivity contribution in [3.8, 4) is 0 Å². The van der Waals surface area contributed by atoms with Gasteiger partial charge in [0, 0.05) is 12.1 Å². The lowest BCUT2D eigenvalue weighted by atomic mass is 10.1. The third kappa shape index (κ3) is 3.67. The Morgan fingerprint density at radius 1 is 1.39 bits per heavy atom. The van der Waals surface area contributed by atoms with Crippen LogP contribution >= 0.6 is 0 Å². The lowest BCUT2D eigenvalue weighted by molar-refractivity contribution is 0.362. The van der Waals surface area contributed by atoms with Crippen LogP contribution in [0.15, 0.2) is 34.9 Å². The maximum atomic E-state index is 13.0. The zero-order chi connectivity index (χ0) is 13.0. The van der Waals surface area contributed by atoms with Gasteiger partial charge in [0.25, 0.3) is 0 Å². The minimum Gasteiger partial charge on any atom is -0.360 e. The average molecular weight is 248 g/mol. The molecular weight excluding hydrogens is 231 g/mol. The van der Waals surface area contributed by atoms with Crippen molar-refractivity contribution in [3.63, 3.8) is 0 Å². The van der Waals surface area contributed by atoms with Gasteiger partial charge in [-0.25, -0.2) is 4.39 Å². The number of hydrogen-bond acceptors (Lipinski definition) is 3. The third-order valence-corrected chi connectivity index (χ3v) is 2.73. The molecule has 3 nitrogen and oxygen atoms in total. The van der Waals surface area contributed by atoms with Crippen molar-refractivity contribution < 1.29 is 8.91 Å². The number of benzene rings is 1. The van der Waals surface area contributed by atoms with Crippen LogP contribution in [0.3, 0.4) is 0 Å². The van der Waals surface area contributed by atoms with E-state index in [0.717, 1.165) is 23.4 Å². The summed E-state index contributed by atoms with van der Waals surface area (Å²) in [6.07, 6.45) is 0.783. The molecule has 0 amide bonds. The first kappa shape index (κ1) is 12.8. The van der Waals surface area contributed by atoms with E-state index in [4.69, 9.17) is 4.52 Å². The van der Waals surface area contributed by atoms with Crippen molar-refractivity contribution in [2.75, 3.05) is 0 Å². The molecule has 1 unspecified atom stereocenters. The minimum atomic E-state index is -0.189. The summed E-state index contributed by atoms with van der Waals surface area (Å²) in [6.45, 7) is 4.59. The first-order valence-corrected chi connectivity index (χ1v) is 6.03. The van der Waals surface area contributed by atoms with Gasteiger partial charge in [-0.1, -0.05) is 17.3 Å². The second kappa shape index (κ2) is 5.78. The van der Waals surface area contributed by atoms with E-state index in [1.54, 1.807) is 12.1 Å². The molecule has 0 spiro atoms. The predicted molar refractivity (Wildman–Crippen MR) is 67.6 cm³/mol. The number of rotatable bonds is 5. The van der Waals surface area contributed by atoms with E-state index < -0.39 is 0 Å². The van der Waals surface area contributed by atoms with Crippen LogP contribution in [0.25, 0.3) is 0 Å². The number of aryl methyl sites for hydroxylation is 1. The monoisotopic (exact) mass is 248 g/mol. The summed E-state index contributed by atoms with van der Waals surface area (Å²) in [5.41, 5.74) is 1.87. The Bertz CT molecular complexity index is 510. The van der Waals surface area contributed by atoms with Crippen LogP contribution in [0.4, 0.5) is 4.39 Å². The molecule has 4 heteroatoms. The Balaban J connectivity index is 1.83. The normalized spacial score (nSPS) is 12.6. The molecule has 0 fully saturated rings. The molecule has 0 saturated heterocycles. The van der Waals surface area contributed by atoms with Crippen LogP contribution in [0.2, 0.25) is 0 Å². The van der Waals surface area contributed by atoms with E-state index in [1.807, 2.05) is 19.1 Å². The quantitative estimate of drug-likeness (QED) is 0.884. The summed E-state index contributed by atoms with van der Waals surface area (Å²) < 4.78 is 18.1. The Morgan fingerprint density at radius 3 is 2.89 bits per heavy atom. The van der Waals surface area contributed by atoms with Crippen molar-refractivity contribution >= 4 is 0 Å². The van der Waals surface area contributed by atoms with Crippen molar-refractivity contribution in [2.45, 2.75) is 32.9 Å². The average Bonchev–Trinajstić information content (AvgIpc) is 2.73. The Labute approximate surface area is 106 Å². The van der Waals surface area contributed by atoms with Gasteiger partial charge in [-0.2, -0.15) is 0 Å². The summed E-state index contributed by atoms with van der Waals surface area (Å²) in [7, 11) is 0. The van der Waals surface area contributed by atoms with E-state index in [0.29, 0.717) is 6.54 Å². The fourth-order valence-corrected chi connectivity index (χ4v) is 1.86. The van der Waals surface area contributed by atoms with E-state index in [-0.39, 0.29) is 11.9 Å². The molecule has 1 N–H and O–H groups in total. The number of halogens is 1. The van der Waals surface area contributed by atoms with E-state index >= 15 is 0 Å².